The normalized spacial score (nSPS) is 11.0. The summed E-state index contributed by atoms with van der Waals surface area (Å²) in [5.41, 5.74) is 1.22. The molecule has 0 fully saturated rings. The highest BCUT2D eigenvalue weighted by atomic mass is 14.7. The molecule has 0 aliphatic heterocycles. The molecular weight excluding hydrogens is 110 g/mol. The highest BCUT2D eigenvalue weighted by Crippen LogP contribution is 1.86. The van der Waals surface area contributed by atoms with Gasteiger partial charge in [-0.3, -0.25) is 4.99 Å². The quantitative estimate of drug-likeness (QED) is 0.500. The van der Waals surface area contributed by atoms with E-state index >= 15 is 0 Å². The summed E-state index contributed by atoms with van der Waals surface area (Å²) in [7, 11) is 0. The van der Waals surface area contributed by atoms with Crippen LogP contribution < -0.4 is 0 Å². The Hall–Kier alpha value is -0.850. The molecule has 0 aliphatic rings. The van der Waals surface area contributed by atoms with Crippen LogP contribution >= 0.6 is 0 Å². The van der Waals surface area contributed by atoms with Crippen molar-refractivity contribution in [1.82, 2.24) is 0 Å². The lowest BCUT2D eigenvalue weighted by Gasteiger charge is -1.79. The highest BCUT2D eigenvalue weighted by molar-refractivity contribution is 5.71. The van der Waals surface area contributed by atoms with Crippen LogP contribution in [0.1, 0.15) is 20.8 Å². The van der Waals surface area contributed by atoms with Gasteiger partial charge in [0.05, 0.1) is 0 Å². The highest BCUT2D eigenvalue weighted by Gasteiger charge is 1.67. The van der Waals surface area contributed by atoms with Gasteiger partial charge in [-0.2, -0.15) is 0 Å². The van der Waals surface area contributed by atoms with Crippen LogP contribution in [0.3, 0.4) is 0 Å². The second-order valence-corrected chi connectivity index (χ2v) is 2.03. The van der Waals surface area contributed by atoms with Gasteiger partial charge in [-0.25, -0.2) is 0 Å². The summed E-state index contributed by atoms with van der Waals surface area (Å²) >= 11 is 0. The van der Waals surface area contributed by atoms with Gasteiger partial charge >= 0.3 is 0 Å². The molecule has 0 radical (unpaired) electrons. The predicted molar refractivity (Wildman–Crippen MR) is 42.7 cm³/mol. The number of aliphatic imine (C=N–C) groups is 1. The Morgan fingerprint density at radius 2 is 2.00 bits per heavy atom. The molecule has 0 aliphatic carbocycles. The van der Waals surface area contributed by atoms with Crippen molar-refractivity contribution >= 4 is 6.21 Å². The molecule has 0 saturated carbocycles. The monoisotopic (exact) mass is 123 g/mol. The number of hydrogen-bond donors (Lipinski definition) is 0. The largest absolute Gasteiger partial charge is 0.265 e. The maximum Gasteiger partial charge on any atom is 0.0264 e. The van der Waals surface area contributed by atoms with Crippen molar-refractivity contribution < 1.29 is 0 Å². The summed E-state index contributed by atoms with van der Waals surface area (Å²) in [5.74, 6) is 0. The Bertz CT molecular complexity index is 137. The smallest absolute Gasteiger partial charge is 0.0264 e. The van der Waals surface area contributed by atoms with Crippen LogP contribution in [0.5, 0.6) is 0 Å². The Kier molecular flexibility index (Phi) is 4.79. The van der Waals surface area contributed by atoms with Crippen LogP contribution in [-0.2, 0) is 0 Å². The van der Waals surface area contributed by atoms with Crippen LogP contribution in [0.2, 0.25) is 0 Å². The number of allylic oxidation sites excluding steroid dienone is 3. The Labute approximate surface area is 56.8 Å². The van der Waals surface area contributed by atoms with Gasteiger partial charge in [0, 0.05) is 12.4 Å². The van der Waals surface area contributed by atoms with Crippen LogP contribution in [0.25, 0.3) is 0 Å². The fourth-order valence-electron chi connectivity index (χ4n) is 0.328. The molecule has 1 nitrogen and oxygen atoms in total. The Balaban J connectivity index is 3.60. The van der Waals surface area contributed by atoms with Gasteiger partial charge in [0.25, 0.3) is 0 Å². The first-order valence-corrected chi connectivity index (χ1v) is 3.05. The van der Waals surface area contributed by atoms with Crippen molar-refractivity contribution in [3.63, 3.8) is 0 Å². The molecule has 0 heterocycles. The molecule has 9 heavy (non-hydrogen) atoms. The molecule has 0 atom stereocenters. The van der Waals surface area contributed by atoms with Gasteiger partial charge in [-0.05, 0) is 26.8 Å². The fourth-order valence-corrected chi connectivity index (χ4v) is 0.328. The topological polar surface area (TPSA) is 12.4 Å². The molecule has 50 valence electrons. The molecule has 0 spiro atoms. The minimum absolute atomic E-state index is 1.22. The summed E-state index contributed by atoms with van der Waals surface area (Å²) in [6, 6.07) is 0. The van der Waals surface area contributed by atoms with Gasteiger partial charge in [0.1, 0.15) is 0 Å². The van der Waals surface area contributed by atoms with E-state index in [9.17, 15) is 0 Å². The minimum atomic E-state index is 1.22. The molecule has 0 rings (SSSR count). The van der Waals surface area contributed by atoms with Crippen LogP contribution in [0.15, 0.2) is 28.9 Å². The van der Waals surface area contributed by atoms with Crippen LogP contribution in [-0.4, -0.2) is 6.21 Å². The number of nitrogens with zero attached hydrogens (tertiary/aromatic N) is 1. The summed E-state index contributed by atoms with van der Waals surface area (Å²) in [4.78, 5) is 3.99. The maximum absolute atomic E-state index is 3.99. The first kappa shape index (κ1) is 8.15. The summed E-state index contributed by atoms with van der Waals surface area (Å²) in [6.07, 6.45) is 7.45. The molecule has 0 N–H and O–H groups in total. The average molecular weight is 123 g/mol. The third-order valence-corrected chi connectivity index (χ3v) is 0.697. The standard InChI is InChI=1S/C8H13N/c1-4-5-6-9-7-8(2)3/h4-7H,1-3H3/b5-4+,9-6?. The lowest BCUT2D eigenvalue weighted by molar-refractivity contribution is 1.34. The van der Waals surface area contributed by atoms with Crippen molar-refractivity contribution in [3.05, 3.63) is 23.9 Å². The van der Waals surface area contributed by atoms with Crippen molar-refractivity contribution in [3.8, 4) is 0 Å². The van der Waals surface area contributed by atoms with Crippen molar-refractivity contribution in [2.75, 3.05) is 0 Å². The molecule has 0 bridgehead atoms. The Morgan fingerprint density at radius 3 is 2.44 bits per heavy atom. The minimum Gasteiger partial charge on any atom is -0.265 e. The van der Waals surface area contributed by atoms with Gasteiger partial charge in [0.15, 0.2) is 0 Å². The van der Waals surface area contributed by atoms with Crippen molar-refractivity contribution in [2.45, 2.75) is 20.8 Å². The van der Waals surface area contributed by atoms with Gasteiger partial charge in [-0.15, -0.1) is 0 Å². The third kappa shape index (κ3) is 7.15. The number of hydrogen-bond acceptors (Lipinski definition) is 1. The first-order chi connectivity index (χ1) is 4.27. The summed E-state index contributed by atoms with van der Waals surface area (Å²) < 4.78 is 0. The van der Waals surface area contributed by atoms with E-state index in [1.54, 1.807) is 6.21 Å². The van der Waals surface area contributed by atoms with Gasteiger partial charge < -0.3 is 0 Å². The summed E-state index contributed by atoms with van der Waals surface area (Å²) in [5, 5.41) is 0. The van der Waals surface area contributed by atoms with Crippen LogP contribution in [0.4, 0.5) is 0 Å². The van der Waals surface area contributed by atoms with Crippen molar-refractivity contribution in [1.29, 1.82) is 0 Å². The molecule has 0 aromatic heterocycles. The lowest BCUT2D eigenvalue weighted by Crippen LogP contribution is -1.62. The Morgan fingerprint density at radius 1 is 1.33 bits per heavy atom. The fraction of sp³-hybridized carbons (Fsp3) is 0.375. The molecule has 0 unspecified atom stereocenters. The lowest BCUT2D eigenvalue weighted by atomic mass is 10.4. The zero-order chi connectivity index (χ0) is 7.11. The zero-order valence-corrected chi connectivity index (χ0v) is 6.26. The molecule has 0 aromatic carbocycles. The van der Waals surface area contributed by atoms with E-state index in [0.29, 0.717) is 0 Å². The SMILES string of the molecule is C/C=C/C=NC=C(C)C. The first-order valence-electron chi connectivity index (χ1n) is 3.05. The molecule has 0 aromatic rings. The van der Waals surface area contributed by atoms with E-state index in [1.807, 2.05) is 39.1 Å². The summed E-state index contributed by atoms with van der Waals surface area (Å²) in [6.45, 7) is 6.01. The van der Waals surface area contributed by atoms with Crippen molar-refractivity contribution in [2.24, 2.45) is 4.99 Å². The van der Waals surface area contributed by atoms with Crippen LogP contribution in [0, 0.1) is 0 Å². The van der Waals surface area contributed by atoms with E-state index in [1.165, 1.54) is 5.57 Å². The zero-order valence-electron chi connectivity index (χ0n) is 6.26. The second kappa shape index (κ2) is 5.29. The van der Waals surface area contributed by atoms with E-state index in [-0.39, 0.29) is 0 Å². The molecule has 0 saturated heterocycles. The van der Waals surface area contributed by atoms with Gasteiger partial charge in [0.2, 0.25) is 0 Å². The molecular formula is C8H13N. The predicted octanol–water partition coefficient (Wildman–Crippen LogP) is 2.56. The third-order valence-electron chi connectivity index (χ3n) is 0.697. The van der Waals surface area contributed by atoms with E-state index < -0.39 is 0 Å². The van der Waals surface area contributed by atoms with Gasteiger partial charge in [-0.1, -0.05) is 11.6 Å². The van der Waals surface area contributed by atoms with E-state index in [4.69, 9.17) is 0 Å². The molecule has 0 amide bonds. The van der Waals surface area contributed by atoms with E-state index in [2.05, 4.69) is 4.99 Å². The molecule has 1 heteroatoms. The maximum atomic E-state index is 3.99. The number of rotatable bonds is 2. The average Bonchev–Trinajstić information content (AvgIpc) is 1.80. The second-order valence-electron chi connectivity index (χ2n) is 2.03. The van der Waals surface area contributed by atoms with E-state index in [0.717, 1.165) is 0 Å².